The first-order chi connectivity index (χ1) is 10.6. The Hall–Kier alpha value is -1.63. The highest BCUT2D eigenvalue weighted by molar-refractivity contribution is 5.58. The summed E-state index contributed by atoms with van der Waals surface area (Å²) < 4.78 is 40.0. The Morgan fingerprint density at radius 1 is 1.13 bits per heavy atom. The maximum absolute atomic E-state index is 13.3. The molecule has 4 nitrogen and oxygen atoms in total. The van der Waals surface area contributed by atoms with Crippen LogP contribution in [0, 0.1) is 0 Å². The predicted octanol–water partition coefficient (Wildman–Crippen LogP) is 4.77. The first kappa shape index (κ1) is 17.7. The molecule has 2 N–H and O–H groups in total. The van der Waals surface area contributed by atoms with Gasteiger partial charge in [-0.3, -0.25) is 5.01 Å². The number of benzene rings is 1. The third-order valence-corrected chi connectivity index (χ3v) is 3.97. The fraction of sp³-hybridized carbons (Fsp3) is 0.625. The Kier molecular flexibility index (Phi) is 4.71. The van der Waals surface area contributed by atoms with Crippen LogP contribution in [0.4, 0.5) is 18.9 Å². The summed E-state index contributed by atoms with van der Waals surface area (Å²) in [6.45, 7) is 7.67. The van der Waals surface area contributed by atoms with Gasteiger partial charge in [-0.05, 0) is 46.6 Å². The quantitative estimate of drug-likeness (QED) is 0.625. The zero-order valence-electron chi connectivity index (χ0n) is 13.9. The van der Waals surface area contributed by atoms with E-state index < -0.39 is 17.3 Å². The Morgan fingerprint density at radius 3 is 2.13 bits per heavy atom. The molecule has 7 heteroatoms. The van der Waals surface area contributed by atoms with Gasteiger partial charge in [0.05, 0.1) is 5.56 Å². The Morgan fingerprint density at radius 2 is 1.70 bits per heavy atom. The van der Waals surface area contributed by atoms with Crippen LogP contribution in [-0.4, -0.2) is 17.1 Å². The van der Waals surface area contributed by atoms with Crippen molar-refractivity contribution in [2.24, 2.45) is 16.1 Å². The van der Waals surface area contributed by atoms with E-state index in [4.69, 9.17) is 5.73 Å². The Balaban J connectivity index is 2.50. The number of alkyl halides is 3. The molecule has 0 unspecified atom stereocenters. The van der Waals surface area contributed by atoms with Gasteiger partial charge >= 0.3 is 6.18 Å². The van der Waals surface area contributed by atoms with Gasteiger partial charge in [-0.15, -0.1) is 5.11 Å². The van der Waals surface area contributed by atoms with Gasteiger partial charge < -0.3 is 5.73 Å². The van der Waals surface area contributed by atoms with E-state index in [1.54, 1.807) is 11.1 Å². The van der Waals surface area contributed by atoms with Crippen molar-refractivity contribution in [1.82, 2.24) is 5.01 Å². The van der Waals surface area contributed by atoms with Crippen LogP contribution in [0.1, 0.15) is 51.7 Å². The second kappa shape index (κ2) is 6.11. The molecule has 1 aliphatic carbocycles. The molecule has 1 aromatic rings. The number of hydrogen-bond acceptors (Lipinski definition) is 3. The molecule has 0 radical (unpaired) electrons. The number of nitrogens with two attached hydrogens (primary N) is 1. The van der Waals surface area contributed by atoms with E-state index >= 15 is 0 Å². The second-order valence-electron chi connectivity index (χ2n) is 6.61. The highest BCUT2D eigenvalue weighted by atomic mass is 19.4. The molecule has 0 spiro atoms. The number of nitrogens with zero attached hydrogens (tertiary/aromatic N) is 3. The van der Waals surface area contributed by atoms with Crippen LogP contribution in [0.2, 0.25) is 0 Å². The van der Waals surface area contributed by atoms with Crippen molar-refractivity contribution >= 4 is 5.69 Å². The fourth-order valence-electron chi connectivity index (χ4n) is 2.58. The monoisotopic (exact) mass is 328 g/mol. The molecular formula is C16H23F3N4. The van der Waals surface area contributed by atoms with E-state index in [9.17, 15) is 13.2 Å². The summed E-state index contributed by atoms with van der Waals surface area (Å²) in [7, 11) is 0. The lowest BCUT2D eigenvalue weighted by molar-refractivity contribution is -0.137. The van der Waals surface area contributed by atoms with Crippen molar-refractivity contribution < 1.29 is 13.2 Å². The molecule has 1 fully saturated rings. The smallest absolute Gasteiger partial charge is 0.321 e. The molecule has 0 aromatic heterocycles. The third-order valence-electron chi connectivity index (χ3n) is 3.97. The maximum atomic E-state index is 13.3. The van der Waals surface area contributed by atoms with Crippen molar-refractivity contribution in [3.63, 3.8) is 0 Å². The largest absolute Gasteiger partial charge is 0.418 e. The van der Waals surface area contributed by atoms with E-state index in [1.165, 1.54) is 6.07 Å². The average molecular weight is 328 g/mol. The van der Waals surface area contributed by atoms with Crippen LogP contribution in [0.3, 0.4) is 0 Å². The van der Waals surface area contributed by atoms with Gasteiger partial charge in [0.25, 0.3) is 0 Å². The average Bonchev–Trinajstić information content (AvgIpc) is 3.16. The van der Waals surface area contributed by atoms with Crippen molar-refractivity contribution in [3.8, 4) is 0 Å². The molecule has 0 heterocycles. The van der Waals surface area contributed by atoms with Crippen molar-refractivity contribution in [1.29, 1.82) is 0 Å². The van der Waals surface area contributed by atoms with E-state index in [0.29, 0.717) is 18.4 Å². The van der Waals surface area contributed by atoms with Gasteiger partial charge in [0.2, 0.25) is 0 Å². The molecule has 1 aromatic carbocycles. The van der Waals surface area contributed by atoms with Crippen LogP contribution < -0.4 is 5.73 Å². The van der Waals surface area contributed by atoms with E-state index in [2.05, 4.69) is 10.3 Å². The first-order valence-electron chi connectivity index (χ1n) is 7.76. The summed E-state index contributed by atoms with van der Waals surface area (Å²) in [5.41, 5.74) is 4.88. The van der Waals surface area contributed by atoms with Crippen LogP contribution in [-0.2, 0) is 11.7 Å². The van der Waals surface area contributed by atoms with Gasteiger partial charge in [-0.1, -0.05) is 17.4 Å². The number of halogens is 3. The maximum Gasteiger partial charge on any atom is 0.418 e. The van der Waals surface area contributed by atoms with Gasteiger partial charge in [0.1, 0.15) is 5.69 Å². The minimum absolute atomic E-state index is 0.0352. The summed E-state index contributed by atoms with van der Waals surface area (Å²) in [5.74, 6) is 0. The predicted molar refractivity (Wildman–Crippen MR) is 83.2 cm³/mol. The van der Waals surface area contributed by atoms with Crippen molar-refractivity contribution in [2.45, 2.75) is 64.3 Å². The highest BCUT2D eigenvalue weighted by Gasteiger charge is 2.45. The zero-order valence-corrected chi connectivity index (χ0v) is 13.9. The summed E-state index contributed by atoms with van der Waals surface area (Å²) in [5, 5.41) is 9.72. The molecule has 0 aliphatic heterocycles. The molecule has 0 bridgehead atoms. The molecular weight excluding hydrogens is 305 g/mol. The molecule has 2 rings (SSSR count). The lowest BCUT2D eigenvalue weighted by Gasteiger charge is -2.26. The van der Waals surface area contributed by atoms with Gasteiger partial charge in [0.15, 0.2) is 0 Å². The lowest BCUT2D eigenvalue weighted by atomic mass is 9.99. The molecule has 23 heavy (non-hydrogen) atoms. The molecule has 128 valence electrons. The lowest BCUT2D eigenvalue weighted by Crippen LogP contribution is -2.31. The minimum Gasteiger partial charge on any atom is -0.321 e. The van der Waals surface area contributed by atoms with Crippen molar-refractivity contribution in [3.05, 3.63) is 29.3 Å². The van der Waals surface area contributed by atoms with E-state index in [1.807, 2.05) is 27.7 Å². The number of rotatable bonds is 5. The van der Waals surface area contributed by atoms with Gasteiger partial charge in [0, 0.05) is 23.2 Å². The Labute approximate surface area is 134 Å². The van der Waals surface area contributed by atoms with Gasteiger partial charge in [-0.25, -0.2) is 0 Å². The zero-order chi connectivity index (χ0) is 17.4. The van der Waals surface area contributed by atoms with Crippen molar-refractivity contribution in [2.75, 3.05) is 0 Å². The topological polar surface area (TPSA) is 54.0 Å². The molecule has 0 atom stereocenters. The van der Waals surface area contributed by atoms with E-state index in [0.717, 1.165) is 6.07 Å². The Bertz CT molecular complexity index is 558. The SMILES string of the molecule is CC(C)N(N=Nc1c(C(F)(F)F)cccc1C1(N)CC1)C(C)C. The molecule has 1 aliphatic rings. The molecule has 1 saturated carbocycles. The standard InChI is InChI=1S/C16H23F3N4/c1-10(2)23(11(3)4)22-21-14-12(15(20)8-9-15)6-5-7-13(14)16(17,18)19/h5-7,10-11H,8-9,20H2,1-4H3. The fourth-order valence-corrected chi connectivity index (χ4v) is 2.58. The van der Waals surface area contributed by atoms with Gasteiger partial charge in [-0.2, -0.15) is 13.2 Å². The summed E-state index contributed by atoms with van der Waals surface area (Å²) >= 11 is 0. The van der Waals surface area contributed by atoms with Crippen LogP contribution in [0.5, 0.6) is 0 Å². The number of hydrogen-bond donors (Lipinski definition) is 1. The summed E-state index contributed by atoms with van der Waals surface area (Å²) in [6.07, 6.45) is -3.17. The minimum atomic E-state index is -4.49. The first-order valence-corrected chi connectivity index (χ1v) is 7.76. The van der Waals surface area contributed by atoms with Crippen LogP contribution in [0.25, 0.3) is 0 Å². The highest BCUT2D eigenvalue weighted by Crippen LogP contribution is 2.50. The third kappa shape index (κ3) is 3.83. The summed E-state index contributed by atoms with van der Waals surface area (Å²) in [4.78, 5) is 0. The summed E-state index contributed by atoms with van der Waals surface area (Å²) in [6, 6.07) is 4.10. The van der Waals surface area contributed by atoms with Crippen LogP contribution in [0.15, 0.2) is 28.5 Å². The molecule has 0 saturated heterocycles. The van der Waals surface area contributed by atoms with Crippen LogP contribution >= 0.6 is 0 Å². The van der Waals surface area contributed by atoms with E-state index in [-0.39, 0.29) is 17.8 Å². The normalized spacial score (nSPS) is 17.3. The molecule has 0 amide bonds. The second-order valence-corrected chi connectivity index (χ2v) is 6.61.